The molecule has 104 valence electrons. The van der Waals surface area contributed by atoms with Crippen molar-refractivity contribution < 1.29 is 18.7 Å². The van der Waals surface area contributed by atoms with Gasteiger partial charge in [0.2, 0.25) is 5.91 Å². The Balaban J connectivity index is 2.84. The van der Waals surface area contributed by atoms with Gasteiger partial charge in [-0.1, -0.05) is 13.8 Å². The fourth-order valence-electron chi connectivity index (χ4n) is 1.40. The van der Waals surface area contributed by atoms with Gasteiger partial charge < -0.3 is 15.4 Å². The van der Waals surface area contributed by atoms with Crippen LogP contribution in [-0.4, -0.2) is 31.6 Å². The first-order chi connectivity index (χ1) is 8.93. The average molecular weight is 268 g/mol. The van der Waals surface area contributed by atoms with E-state index in [0.717, 1.165) is 12.1 Å². The summed E-state index contributed by atoms with van der Waals surface area (Å²) in [5.74, 6) is -1.53. The van der Waals surface area contributed by atoms with Crippen LogP contribution in [0.3, 0.4) is 0 Å². The highest BCUT2D eigenvalue weighted by Gasteiger charge is 2.14. The van der Waals surface area contributed by atoms with E-state index < -0.39 is 11.8 Å². The van der Waals surface area contributed by atoms with E-state index in [0.29, 0.717) is 0 Å². The number of hydrogen-bond acceptors (Lipinski definition) is 4. The Kier molecular flexibility index (Phi) is 5.44. The first-order valence-electron chi connectivity index (χ1n) is 5.85. The SMILES string of the molecule is COC(=O)c1ccc(F)cc1NC(=O)CNC(C)C. The van der Waals surface area contributed by atoms with Gasteiger partial charge in [-0.3, -0.25) is 4.79 Å². The van der Waals surface area contributed by atoms with Crippen LogP contribution in [0.5, 0.6) is 0 Å². The summed E-state index contributed by atoms with van der Waals surface area (Å²) in [6.45, 7) is 3.87. The number of hydrogen-bond donors (Lipinski definition) is 2. The van der Waals surface area contributed by atoms with Gasteiger partial charge in [0.05, 0.1) is 24.9 Å². The Morgan fingerprint density at radius 3 is 2.63 bits per heavy atom. The van der Waals surface area contributed by atoms with E-state index in [1.165, 1.54) is 13.2 Å². The number of ether oxygens (including phenoxy) is 1. The molecule has 1 amide bonds. The summed E-state index contributed by atoms with van der Waals surface area (Å²) in [4.78, 5) is 23.1. The highest BCUT2D eigenvalue weighted by molar-refractivity contribution is 6.01. The van der Waals surface area contributed by atoms with Crippen molar-refractivity contribution in [1.29, 1.82) is 0 Å². The van der Waals surface area contributed by atoms with Gasteiger partial charge in [-0.05, 0) is 18.2 Å². The number of halogens is 1. The van der Waals surface area contributed by atoms with Gasteiger partial charge in [-0.15, -0.1) is 0 Å². The van der Waals surface area contributed by atoms with Gasteiger partial charge in [0.25, 0.3) is 0 Å². The number of carbonyl (C=O) groups is 2. The standard InChI is InChI=1S/C13H17FN2O3/c1-8(2)15-7-12(17)16-11-6-9(14)4-5-10(11)13(18)19-3/h4-6,8,15H,7H2,1-3H3,(H,16,17). The second-order valence-corrected chi connectivity index (χ2v) is 4.27. The molecule has 6 heteroatoms. The summed E-state index contributed by atoms with van der Waals surface area (Å²) < 4.78 is 17.7. The number of anilines is 1. The smallest absolute Gasteiger partial charge is 0.339 e. The number of amides is 1. The number of methoxy groups -OCH3 is 1. The number of esters is 1. The number of benzene rings is 1. The molecule has 0 aliphatic carbocycles. The minimum atomic E-state index is -0.632. The molecule has 0 aliphatic heterocycles. The maximum Gasteiger partial charge on any atom is 0.339 e. The summed E-state index contributed by atoms with van der Waals surface area (Å²) in [6, 6.07) is 3.64. The van der Waals surface area contributed by atoms with Gasteiger partial charge in [0, 0.05) is 6.04 Å². The van der Waals surface area contributed by atoms with E-state index in [-0.39, 0.29) is 29.7 Å². The van der Waals surface area contributed by atoms with E-state index in [9.17, 15) is 14.0 Å². The van der Waals surface area contributed by atoms with Gasteiger partial charge in [0.1, 0.15) is 5.82 Å². The first kappa shape index (κ1) is 15.1. The predicted molar refractivity (Wildman–Crippen MR) is 69.5 cm³/mol. The maximum atomic E-state index is 13.2. The normalized spacial score (nSPS) is 10.4. The quantitative estimate of drug-likeness (QED) is 0.795. The van der Waals surface area contributed by atoms with Crippen LogP contribution >= 0.6 is 0 Å². The highest BCUT2D eigenvalue weighted by atomic mass is 19.1. The van der Waals surface area contributed by atoms with E-state index in [4.69, 9.17) is 0 Å². The zero-order valence-electron chi connectivity index (χ0n) is 11.1. The molecule has 19 heavy (non-hydrogen) atoms. The van der Waals surface area contributed by atoms with Crippen LogP contribution in [0.4, 0.5) is 10.1 Å². The molecule has 0 radical (unpaired) electrons. The van der Waals surface area contributed by atoms with Crippen LogP contribution in [0.2, 0.25) is 0 Å². The van der Waals surface area contributed by atoms with Crippen LogP contribution in [0, 0.1) is 5.82 Å². The number of carbonyl (C=O) groups excluding carboxylic acids is 2. The third kappa shape index (κ3) is 4.67. The average Bonchev–Trinajstić information content (AvgIpc) is 2.35. The third-order valence-corrected chi connectivity index (χ3v) is 2.33. The second-order valence-electron chi connectivity index (χ2n) is 4.27. The molecular weight excluding hydrogens is 251 g/mol. The zero-order chi connectivity index (χ0) is 14.4. The Labute approximate surface area is 111 Å². The summed E-state index contributed by atoms with van der Waals surface area (Å²) in [7, 11) is 1.22. The Bertz CT molecular complexity index is 475. The summed E-state index contributed by atoms with van der Waals surface area (Å²) in [5.41, 5.74) is 0.212. The van der Waals surface area contributed by atoms with Crippen LogP contribution in [0.1, 0.15) is 24.2 Å². The van der Waals surface area contributed by atoms with Crippen molar-refractivity contribution in [3.63, 3.8) is 0 Å². The predicted octanol–water partition coefficient (Wildman–Crippen LogP) is 1.55. The summed E-state index contributed by atoms with van der Waals surface area (Å²) >= 11 is 0. The zero-order valence-corrected chi connectivity index (χ0v) is 11.1. The molecule has 0 aromatic heterocycles. The monoisotopic (exact) mass is 268 g/mol. The molecule has 0 saturated carbocycles. The maximum absolute atomic E-state index is 13.2. The fraction of sp³-hybridized carbons (Fsp3) is 0.385. The second kappa shape index (κ2) is 6.84. The van der Waals surface area contributed by atoms with E-state index in [2.05, 4.69) is 15.4 Å². The minimum absolute atomic E-state index is 0.0782. The Morgan fingerprint density at radius 2 is 2.05 bits per heavy atom. The lowest BCUT2D eigenvalue weighted by atomic mass is 10.1. The lowest BCUT2D eigenvalue weighted by molar-refractivity contribution is -0.115. The van der Waals surface area contributed by atoms with Gasteiger partial charge in [-0.2, -0.15) is 0 Å². The van der Waals surface area contributed by atoms with E-state index in [1.54, 1.807) is 0 Å². The van der Waals surface area contributed by atoms with Crippen LogP contribution in [0.15, 0.2) is 18.2 Å². The van der Waals surface area contributed by atoms with Crippen LogP contribution in [-0.2, 0) is 9.53 Å². The summed E-state index contributed by atoms with van der Waals surface area (Å²) in [5, 5.41) is 5.40. The molecule has 0 bridgehead atoms. The Morgan fingerprint density at radius 1 is 1.37 bits per heavy atom. The molecule has 0 saturated heterocycles. The molecule has 0 aliphatic rings. The van der Waals surface area contributed by atoms with Crippen molar-refractivity contribution in [2.75, 3.05) is 19.0 Å². The van der Waals surface area contributed by atoms with Gasteiger partial charge in [-0.25, -0.2) is 9.18 Å². The third-order valence-electron chi connectivity index (χ3n) is 2.33. The van der Waals surface area contributed by atoms with E-state index >= 15 is 0 Å². The van der Waals surface area contributed by atoms with Crippen molar-refractivity contribution in [1.82, 2.24) is 5.32 Å². The van der Waals surface area contributed by atoms with E-state index in [1.807, 2.05) is 13.8 Å². The first-order valence-corrected chi connectivity index (χ1v) is 5.85. The molecule has 0 atom stereocenters. The van der Waals surface area contributed by atoms with Gasteiger partial charge in [0.15, 0.2) is 0 Å². The molecule has 5 nitrogen and oxygen atoms in total. The lowest BCUT2D eigenvalue weighted by Crippen LogP contribution is -2.33. The lowest BCUT2D eigenvalue weighted by Gasteiger charge is -2.11. The molecular formula is C13H17FN2O3. The van der Waals surface area contributed by atoms with Gasteiger partial charge >= 0.3 is 5.97 Å². The Hall–Kier alpha value is -1.95. The number of rotatable bonds is 5. The van der Waals surface area contributed by atoms with Crippen LogP contribution in [0.25, 0.3) is 0 Å². The molecule has 2 N–H and O–H groups in total. The molecule has 0 heterocycles. The molecule has 0 spiro atoms. The number of nitrogens with one attached hydrogen (secondary N) is 2. The van der Waals surface area contributed by atoms with Crippen molar-refractivity contribution in [3.8, 4) is 0 Å². The molecule has 0 fully saturated rings. The molecule has 1 aromatic carbocycles. The van der Waals surface area contributed by atoms with Crippen molar-refractivity contribution in [3.05, 3.63) is 29.6 Å². The summed E-state index contributed by atoms with van der Waals surface area (Å²) in [6.07, 6.45) is 0. The van der Waals surface area contributed by atoms with Crippen molar-refractivity contribution >= 4 is 17.6 Å². The minimum Gasteiger partial charge on any atom is -0.465 e. The van der Waals surface area contributed by atoms with Crippen molar-refractivity contribution in [2.45, 2.75) is 19.9 Å². The molecule has 1 aromatic rings. The molecule has 1 rings (SSSR count). The highest BCUT2D eigenvalue weighted by Crippen LogP contribution is 2.18. The van der Waals surface area contributed by atoms with Crippen LogP contribution < -0.4 is 10.6 Å². The van der Waals surface area contributed by atoms with Crippen molar-refractivity contribution in [2.24, 2.45) is 0 Å². The molecule has 0 unspecified atom stereocenters. The topological polar surface area (TPSA) is 67.4 Å². The fourth-order valence-corrected chi connectivity index (χ4v) is 1.40. The largest absolute Gasteiger partial charge is 0.465 e.